The summed E-state index contributed by atoms with van der Waals surface area (Å²) >= 11 is 0. The highest BCUT2D eigenvalue weighted by atomic mass is 31.1. The molecule has 0 aromatic carbocycles. The number of rotatable bonds is 0. The maximum absolute atomic E-state index is 10.2. The SMILES string of the molecule is [O-]N1CCCP1. The molecular formula is C3H7NOP-. The molecule has 0 aromatic heterocycles. The standard InChI is InChI=1S/C3H7NOP/c5-4-2-1-3-6-4/h6H,1-3H2/q-1. The minimum absolute atomic E-state index is 0.560. The van der Waals surface area contributed by atoms with Gasteiger partial charge in [0.2, 0.25) is 0 Å². The monoisotopic (exact) mass is 104 g/mol. The second-order valence-electron chi connectivity index (χ2n) is 1.36. The molecular weight excluding hydrogens is 97.0 g/mol. The number of hydroxylamine groups is 1. The van der Waals surface area contributed by atoms with Crippen LogP contribution in [-0.4, -0.2) is 17.5 Å². The molecule has 3 heteroatoms. The zero-order valence-electron chi connectivity index (χ0n) is 3.48. The summed E-state index contributed by atoms with van der Waals surface area (Å²) in [5, 5.41) is 10.2. The van der Waals surface area contributed by atoms with Crippen LogP contribution in [0, 0.1) is 5.21 Å². The van der Waals surface area contributed by atoms with Gasteiger partial charge in [-0.2, -0.15) is 0 Å². The van der Waals surface area contributed by atoms with Gasteiger partial charge in [0.1, 0.15) is 0 Å². The topological polar surface area (TPSA) is 26.3 Å². The van der Waals surface area contributed by atoms with Gasteiger partial charge in [-0.25, -0.2) is 0 Å². The molecule has 1 aliphatic rings. The van der Waals surface area contributed by atoms with Crippen LogP contribution in [0.5, 0.6) is 0 Å². The fraction of sp³-hybridized carbons (Fsp3) is 1.00. The largest absolute Gasteiger partial charge is 0.782 e. The summed E-state index contributed by atoms with van der Waals surface area (Å²) in [6.45, 7) is 0.776. The Hall–Kier alpha value is 0.350. The third kappa shape index (κ3) is 0.904. The summed E-state index contributed by atoms with van der Waals surface area (Å²) in [5.74, 6) is 0. The predicted octanol–water partition coefficient (Wildman–Crippen LogP) is 0.783. The van der Waals surface area contributed by atoms with Crippen molar-refractivity contribution in [3.63, 3.8) is 0 Å². The average Bonchev–Trinajstić information content (AvgIpc) is 1.86. The van der Waals surface area contributed by atoms with E-state index in [9.17, 15) is 5.21 Å². The van der Waals surface area contributed by atoms with Crippen molar-refractivity contribution >= 4 is 8.73 Å². The minimum atomic E-state index is 0.560. The van der Waals surface area contributed by atoms with Crippen LogP contribution in [-0.2, 0) is 0 Å². The molecule has 0 spiro atoms. The highest BCUT2D eigenvalue weighted by Crippen LogP contribution is 2.23. The van der Waals surface area contributed by atoms with E-state index >= 15 is 0 Å². The maximum atomic E-state index is 10.2. The molecule has 1 saturated heterocycles. The molecule has 0 radical (unpaired) electrons. The highest BCUT2D eigenvalue weighted by Gasteiger charge is 1.98. The molecule has 2 nitrogen and oxygen atoms in total. The smallest absolute Gasteiger partial charge is 0.0110 e. The van der Waals surface area contributed by atoms with E-state index in [0.717, 1.165) is 24.0 Å². The first-order valence-electron chi connectivity index (χ1n) is 2.08. The van der Waals surface area contributed by atoms with Crippen molar-refractivity contribution in [1.29, 1.82) is 0 Å². The lowest BCUT2D eigenvalue weighted by Crippen LogP contribution is -1.96. The first-order chi connectivity index (χ1) is 2.89. The van der Waals surface area contributed by atoms with Crippen LogP contribution >= 0.6 is 8.73 Å². The van der Waals surface area contributed by atoms with Gasteiger partial charge >= 0.3 is 0 Å². The van der Waals surface area contributed by atoms with E-state index < -0.39 is 0 Å². The minimum Gasteiger partial charge on any atom is -0.782 e. The van der Waals surface area contributed by atoms with Gasteiger partial charge in [-0.05, 0) is 19.1 Å². The van der Waals surface area contributed by atoms with E-state index in [1.807, 2.05) is 0 Å². The van der Waals surface area contributed by atoms with E-state index in [0.29, 0.717) is 8.73 Å². The molecule has 6 heavy (non-hydrogen) atoms. The van der Waals surface area contributed by atoms with E-state index in [2.05, 4.69) is 0 Å². The average molecular weight is 104 g/mol. The van der Waals surface area contributed by atoms with Crippen LogP contribution in [0.2, 0.25) is 0 Å². The Morgan fingerprint density at radius 2 is 2.50 bits per heavy atom. The maximum Gasteiger partial charge on any atom is -0.0110 e. The molecule has 1 rings (SSSR count). The van der Waals surface area contributed by atoms with Crippen molar-refractivity contribution < 1.29 is 0 Å². The van der Waals surface area contributed by atoms with Gasteiger partial charge in [0.25, 0.3) is 0 Å². The highest BCUT2D eigenvalue weighted by molar-refractivity contribution is 7.35. The third-order valence-electron chi connectivity index (χ3n) is 0.826. The molecule has 36 valence electrons. The molecule has 0 saturated carbocycles. The van der Waals surface area contributed by atoms with E-state index in [1.165, 1.54) is 0 Å². The molecule has 0 N–H and O–H groups in total. The second kappa shape index (κ2) is 1.87. The molecule has 1 fully saturated rings. The fourth-order valence-corrected chi connectivity index (χ4v) is 1.39. The Balaban J connectivity index is 2.18. The number of hydrogen-bond donors (Lipinski definition) is 0. The van der Waals surface area contributed by atoms with Gasteiger partial charge in [-0.15, -0.1) is 0 Å². The van der Waals surface area contributed by atoms with Crippen LogP contribution in [0.25, 0.3) is 0 Å². The van der Waals surface area contributed by atoms with Crippen LogP contribution in [0.4, 0.5) is 0 Å². The van der Waals surface area contributed by atoms with Gasteiger partial charge in [-0.3, -0.25) is 0 Å². The molecule has 0 amide bonds. The van der Waals surface area contributed by atoms with Crippen LogP contribution < -0.4 is 0 Å². The fourth-order valence-electron chi connectivity index (χ4n) is 0.505. The number of nitrogens with zero attached hydrogens (tertiary/aromatic N) is 1. The quantitative estimate of drug-likeness (QED) is 0.424. The lowest BCUT2D eigenvalue weighted by atomic mass is 10.5. The molecule has 1 heterocycles. The zero-order valence-corrected chi connectivity index (χ0v) is 4.48. The van der Waals surface area contributed by atoms with Crippen molar-refractivity contribution in [1.82, 2.24) is 4.83 Å². The van der Waals surface area contributed by atoms with E-state index in [1.54, 1.807) is 0 Å². The van der Waals surface area contributed by atoms with Crippen molar-refractivity contribution in [2.24, 2.45) is 0 Å². The lowest BCUT2D eigenvalue weighted by Gasteiger charge is -2.18. The Morgan fingerprint density at radius 1 is 1.67 bits per heavy atom. The van der Waals surface area contributed by atoms with Crippen LogP contribution in [0.3, 0.4) is 0 Å². The molecule has 1 unspecified atom stereocenters. The number of hydrogen-bond acceptors (Lipinski definition) is 2. The summed E-state index contributed by atoms with van der Waals surface area (Å²) in [5.41, 5.74) is 0. The second-order valence-corrected chi connectivity index (χ2v) is 2.68. The van der Waals surface area contributed by atoms with Gasteiger partial charge in [0, 0.05) is 0 Å². The summed E-state index contributed by atoms with van der Waals surface area (Å²) in [7, 11) is 0.560. The molecule has 0 aliphatic carbocycles. The predicted molar refractivity (Wildman–Crippen MR) is 27.9 cm³/mol. The normalized spacial score (nSPS) is 29.5. The summed E-state index contributed by atoms with van der Waals surface area (Å²) in [6.07, 6.45) is 2.24. The first-order valence-corrected chi connectivity index (χ1v) is 3.23. The first kappa shape index (κ1) is 4.51. The van der Waals surface area contributed by atoms with Gasteiger partial charge in [-0.1, -0.05) is 8.73 Å². The Morgan fingerprint density at radius 3 is 2.67 bits per heavy atom. The lowest BCUT2D eigenvalue weighted by molar-refractivity contribution is 0.647. The molecule has 0 aromatic rings. The summed E-state index contributed by atoms with van der Waals surface area (Å²) in [6, 6.07) is 0. The summed E-state index contributed by atoms with van der Waals surface area (Å²) in [4.78, 5) is 1.14. The van der Waals surface area contributed by atoms with E-state index in [4.69, 9.17) is 0 Å². The van der Waals surface area contributed by atoms with E-state index in [-0.39, 0.29) is 0 Å². The van der Waals surface area contributed by atoms with Crippen LogP contribution in [0.1, 0.15) is 6.42 Å². The van der Waals surface area contributed by atoms with Crippen molar-refractivity contribution in [3.8, 4) is 0 Å². The Labute approximate surface area is 38.9 Å². The third-order valence-corrected chi connectivity index (χ3v) is 1.98. The summed E-state index contributed by atoms with van der Waals surface area (Å²) < 4.78 is 0. The van der Waals surface area contributed by atoms with Gasteiger partial charge in [0.05, 0.1) is 0 Å². The van der Waals surface area contributed by atoms with Crippen molar-refractivity contribution in [3.05, 3.63) is 5.21 Å². The molecule has 1 aliphatic heterocycles. The van der Waals surface area contributed by atoms with Crippen molar-refractivity contribution in [2.75, 3.05) is 12.7 Å². The Kier molecular flexibility index (Phi) is 1.41. The molecule has 0 bridgehead atoms. The van der Waals surface area contributed by atoms with Crippen molar-refractivity contribution in [2.45, 2.75) is 6.42 Å². The zero-order chi connectivity index (χ0) is 4.41. The van der Waals surface area contributed by atoms with Gasteiger partial charge < -0.3 is 10.0 Å². The Bertz CT molecular complexity index is 44.1. The molecule has 1 atom stereocenters. The van der Waals surface area contributed by atoms with Gasteiger partial charge in [0.15, 0.2) is 0 Å². The van der Waals surface area contributed by atoms with Crippen LogP contribution in [0.15, 0.2) is 0 Å².